The molecule has 5 nitrogen and oxygen atoms in total. The molecule has 0 amide bonds. The summed E-state index contributed by atoms with van der Waals surface area (Å²) in [5, 5.41) is 0. The van der Waals surface area contributed by atoms with E-state index in [1.54, 1.807) is 18.2 Å². The Hall–Kier alpha value is -1.77. The maximum Gasteiger partial charge on any atom is 0.243 e. The molecule has 2 aromatic rings. The van der Waals surface area contributed by atoms with Crippen LogP contribution in [-0.4, -0.2) is 39.5 Å². The quantitative estimate of drug-likeness (QED) is 0.778. The van der Waals surface area contributed by atoms with Crippen molar-refractivity contribution in [1.82, 2.24) is 4.31 Å². The molecular formula is C18H20FNO4S2. The number of hydrogen-bond donors (Lipinski definition) is 0. The molecule has 1 aliphatic rings. The maximum absolute atomic E-state index is 13.3. The van der Waals surface area contributed by atoms with E-state index >= 15 is 0 Å². The van der Waals surface area contributed by atoms with E-state index in [0.717, 1.165) is 6.07 Å². The number of hydrogen-bond acceptors (Lipinski definition) is 4. The lowest BCUT2D eigenvalue weighted by molar-refractivity contribution is 0.407. The number of halogens is 1. The van der Waals surface area contributed by atoms with Gasteiger partial charge in [0, 0.05) is 12.6 Å². The summed E-state index contributed by atoms with van der Waals surface area (Å²) in [5.74, 6) is -0.776. The molecule has 1 atom stereocenters. The fourth-order valence-electron chi connectivity index (χ4n) is 3.30. The van der Waals surface area contributed by atoms with Crippen molar-refractivity contribution >= 4 is 19.9 Å². The minimum atomic E-state index is -3.89. The van der Waals surface area contributed by atoms with Crippen LogP contribution in [0.4, 0.5) is 4.39 Å². The van der Waals surface area contributed by atoms with Crippen LogP contribution in [-0.2, 0) is 19.9 Å². The first kappa shape index (κ1) is 19.0. The molecule has 1 heterocycles. The van der Waals surface area contributed by atoms with E-state index in [1.807, 2.05) is 0 Å². The fraction of sp³-hybridized carbons (Fsp3) is 0.333. The molecule has 2 aromatic carbocycles. The first-order valence-electron chi connectivity index (χ1n) is 8.27. The molecule has 0 N–H and O–H groups in total. The first-order chi connectivity index (χ1) is 12.2. The minimum absolute atomic E-state index is 0.0166. The van der Waals surface area contributed by atoms with Gasteiger partial charge in [-0.25, -0.2) is 21.2 Å². The van der Waals surface area contributed by atoms with Crippen LogP contribution in [0.25, 0.3) is 0 Å². The lowest BCUT2D eigenvalue weighted by atomic mass is 10.2. The summed E-state index contributed by atoms with van der Waals surface area (Å²) in [6.45, 7) is 1.79. The second-order valence-corrected chi connectivity index (χ2v) is 10.3. The van der Waals surface area contributed by atoms with Gasteiger partial charge in [0.05, 0.1) is 15.5 Å². The summed E-state index contributed by atoms with van der Waals surface area (Å²) >= 11 is 0. The number of rotatable bonds is 5. The third-order valence-electron chi connectivity index (χ3n) is 4.56. The number of nitrogens with zero attached hydrogens (tertiary/aromatic N) is 1. The number of benzene rings is 2. The summed E-state index contributed by atoms with van der Waals surface area (Å²) in [5.41, 5.74) is 0.307. The standard InChI is InChI=1S/C18H20FNO4S2/c1-14-12-15(19)9-10-18(14)26(23,24)20-11-5-6-16(20)13-25(21,22)17-7-3-2-4-8-17/h2-4,7-10,12,16H,5-6,11,13H2,1H3/t16-/m0/s1. The molecule has 140 valence electrons. The van der Waals surface area contributed by atoms with Gasteiger partial charge in [-0.1, -0.05) is 18.2 Å². The largest absolute Gasteiger partial charge is 0.243 e. The summed E-state index contributed by atoms with van der Waals surface area (Å²) in [6.07, 6.45) is 1.07. The normalized spacial score (nSPS) is 18.9. The molecule has 0 radical (unpaired) electrons. The van der Waals surface area contributed by atoms with Crippen LogP contribution in [0.1, 0.15) is 18.4 Å². The first-order valence-corrected chi connectivity index (χ1v) is 11.4. The van der Waals surface area contributed by atoms with Gasteiger partial charge in [-0.15, -0.1) is 0 Å². The van der Waals surface area contributed by atoms with Crippen LogP contribution < -0.4 is 0 Å². The molecule has 0 bridgehead atoms. The maximum atomic E-state index is 13.3. The monoisotopic (exact) mass is 397 g/mol. The lowest BCUT2D eigenvalue weighted by Crippen LogP contribution is -2.39. The third kappa shape index (κ3) is 3.67. The molecule has 8 heteroatoms. The van der Waals surface area contributed by atoms with Gasteiger partial charge in [-0.2, -0.15) is 4.31 Å². The van der Waals surface area contributed by atoms with Crippen molar-refractivity contribution in [3.05, 3.63) is 59.9 Å². The Bertz CT molecular complexity index is 1000. The highest BCUT2D eigenvalue weighted by atomic mass is 32.2. The molecule has 26 heavy (non-hydrogen) atoms. The zero-order chi connectivity index (χ0) is 18.9. The van der Waals surface area contributed by atoms with Gasteiger partial charge < -0.3 is 0 Å². The second-order valence-electron chi connectivity index (χ2n) is 6.42. The zero-order valence-corrected chi connectivity index (χ0v) is 15.9. The molecular weight excluding hydrogens is 377 g/mol. The highest BCUT2D eigenvalue weighted by molar-refractivity contribution is 7.91. The molecule has 1 saturated heterocycles. The van der Waals surface area contributed by atoms with Crippen molar-refractivity contribution in [3.63, 3.8) is 0 Å². The molecule has 0 unspecified atom stereocenters. The second kappa shape index (κ2) is 7.09. The van der Waals surface area contributed by atoms with E-state index in [4.69, 9.17) is 0 Å². The summed E-state index contributed by atoms with van der Waals surface area (Å²) < 4.78 is 65.8. The van der Waals surface area contributed by atoms with Crippen LogP contribution in [0.15, 0.2) is 58.3 Å². The number of sulfone groups is 1. The molecule has 0 spiro atoms. The summed E-state index contributed by atoms with van der Waals surface area (Å²) in [4.78, 5) is 0.199. The Kier molecular flexibility index (Phi) is 5.18. The van der Waals surface area contributed by atoms with Gasteiger partial charge in [-0.05, 0) is 55.7 Å². The lowest BCUT2D eigenvalue weighted by Gasteiger charge is -2.24. The third-order valence-corrected chi connectivity index (χ3v) is 8.49. The highest BCUT2D eigenvalue weighted by Crippen LogP contribution is 2.30. The van der Waals surface area contributed by atoms with Crippen LogP contribution in [0.2, 0.25) is 0 Å². The van der Waals surface area contributed by atoms with E-state index < -0.39 is 31.7 Å². The van der Waals surface area contributed by atoms with Crippen LogP contribution in [0, 0.1) is 12.7 Å². The molecule has 0 saturated carbocycles. The van der Waals surface area contributed by atoms with Gasteiger partial charge >= 0.3 is 0 Å². The van der Waals surface area contributed by atoms with Gasteiger partial charge in [-0.3, -0.25) is 0 Å². The average molecular weight is 397 g/mol. The molecule has 1 aliphatic heterocycles. The van der Waals surface area contributed by atoms with E-state index in [1.165, 1.54) is 35.5 Å². The van der Waals surface area contributed by atoms with E-state index in [0.29, 0.717) is 18.4 Å². The van der Waals surface area contributed by atoms with E-state index in [2.05, 4.69) is 0 Å². The summed E-state index contributed by atoms with van der Waals surface area (Å²) in [7, 11) is -7.49. The van der Waals surface area contributed by atoms with Crippen molar-refractivity contribution in [2.24, 2.45) is 0 Å². The highest BCUT2D eigenvalue weighted by Gasteiger charge is 2.38. The van der Waals surface area contributed by atoms with Crippen molar-refractivity contribution in [2.45, 2.75) is 35.6 Å². The molecule has 0 aliphatic carbocycles. The van der Waals surface area contributed by atoms with Crippen LogP contribution in [0.5, 0.6) is 0 Å². The van der Waals surface area contributed by atoms with Crippen LogP contribution >= 0.6 is 0 Å². The summed E-state index contributed by atoms with van der Waals surface area (Å²) in [6, 6.07) is 10.9. The van der Waals surface area contributed by atoms with Gasteiger partial charge in [0.2, 0.25) is 10.0 Å². The Labute approximate surface area is 153 Å². The minimum Gasteiger partial charge on any atom is -0.224 e. The van der Waals surface area contributed by atoms with Crippen molar-refractivity contribution in [3.8, 4) is 0 Å². The van der Waals surface area contributed by atoms with Crippen LogP contribution in [0.3, 0.4) is 0 Å². The Balaban J connectivity index is 1.91. The van der Waals surface area contributed by atoms with Crippen molar-refractivity contribution in [1.29, 1.82) is 0 Å². The number of sulfonamides is 1. The van der Waals surface area contributed by atoms with Crippen molar-refractivity contribution < 1.29 is 21.2 Å². The van der Waals surface area contributed by atoms with Gasteiger partial charge in [0.15, 0.2) is 9.84 Å². The predicted octanol–water partition coefficient (Wildman–Crippen LogP) is 2.76. The average Bonchev–Trinajstić information content (AvgIpc) is 3.03. The van der Waals surface area contributed by atoms with E-state index in [-0.39, 0.29) is 22.1 Å². The predicted molar refractivity (Wildman–Crippen MR) is 96.5 cm³/mol. The Morgan fingerprint density at radius 3 is 2.42 bits per heavy atom. The Morgan fingerprint density at radius 1 is 1.08 bits per heavy atom. The SMILES string of the molecule is Cc1cc(F)ccc1S(=O)(=O)N1CCC[C@H]1CS(=O)(=O)c1ccccc1. The smallest absolute Gasteiger partial charge is 0.224 e. The Morgan fingerprint density at radius 2 is 1.77 bits per heavy atom. The zero-order valence-electron chi connectivity index (χ0n) is 14.3. The molecule has 3 rings (SSSR count). The molecule has 1 fully saturated rings. The molecule has 0 aromatic heterocycles. The van der Waals surface area contributed by atoms with Gasteiger partial charge in [0.25, 0.3) is 0 Å². The number of aryl methyl sites for hydroxylation is 1. The topological polar surface area (TPSA) is 71.5 Å². The van der Waals surface area contributed by atoms with E-state index in [9.17, 15) is 21.2 Å². The van der Waals surface area contributed by atoms with Gasteiger partial charge in [0.1, 0.15) is 5.82 Å². The van der Waals surface area contributed by atoms with Crippen molar-refractivity contribution in [2.75, 3.05) is 12.3 Å². The fourth-order valence-corrected chi connectivity index (χ4v) is 6.91.